The van der Waals surface area contributed by atoms with Crippen LogP contribution >= 0.6 is 0 Å². The summed E-state index contributed by atoms with van der Waals surface area (Å²) in [6.45, 7) is 0. The van der Waals surface area contributed by atoms with Crippen molar-refractivity contribution in [1.29, 1.82) is 0 Å². The Kier molecular flexibility index (Phi) is 6.46. The predicted molar refractivity (Wildman–Crippen MR) is 207 cm³/mol. The zero-order chi connectivity index (χ0) is 33.0. The average Bonchev–Trinajstić information content (AvgIpc) is 3.71. The van der Waals surface area contributed by atoms with Crippen LogP contribution in [0.15, 0.2) is 183 Å². The third-order valence-corrected chi connectivity index (χ3v) is 9.88. The Morgan fingerprint density at radius 1 is 0.300 bits per heavy atom. The van der Waals surface area contributed by atoms with Crippen LogP contribution in [0.3, 0.4) is 0 Å². The van der Waals surface area contributed by atoms with Crippen molar-refractivity contribution < 1.29 is 0 Å². The number of fused-ring (bicyclic) bond motifs is 6. The van der Waals surface area contributed by atoms with Crippen LogP contribution in [-0.2, 0) is 0 Å². The lowest BCUT2D eigenvalue weighted by Crippen LogP contribution is -1.98. The first-order chi connectivity index (χ1) is 24.8. The molecule has 0 saturated heterocycles. The van der Waals surface area contributed by atoms with Crippen LogP contribution in [0.4, 0.5) is 0 Å². The van der Waals surface area contributed by atoms with E-state index in [4.69, 9.17) is 9.97 Å². The molecule has 234 valence electrons. The first-order valence-electron chi connectivity index (χ1n) is 16.9. The maximum atomic E-state index is 4.77. The Balaban J connectivity index is 1.10. The van der Waals surface area contributed by atoms with E-state index in [1.165, 1.54) is 43.6 Å². The number of hydrogen-bond acceptors (Lipinski definition) is 2. The van der Waals surface area contributed by atoms with Gasteiger partial charge < -0.3 is 9.13 Å². The highest BCUT2D eigenvalue weighted by Crippen LogP contribution is 2.39. The third-order valence-electron chi connectivity index (χ3n) is 9.88. The van der Waals surface area contributed by atoms with Gasteiger partial charge in [0.2, 0.25) is 0 Å². The van der Waals surface area contributed by atoms with E-state index in [-0.39, 0.29) is 0 Å². The fourth-order valence-electron chi connectivity index (χ4n) is 7.68. The molecule has 0 spiro atoms. The monoisotopic (exact) mass is 638 g/mol. The second-order valence-corrected chi connectivity index (χ2v) is 12.7. The van der Waals surface area contributed by atoms with Gasteiger partial charge >= 0.3 is 0 Å². The van der Waals surface area contributed by atoms with Crippen LogP contribution in [0.25, 0.3) is 88.4 Å². The standard InChI is InChI=1S/C46H30N4/c1-7-19-41(49-43-21-9-3-15-37(43)38-16-4-10-22-44(38)49)35(13-1)33-25-31(27-47-29-33)32-26-34(30-48-28-32)36-14-2-8-20-42(36)50-45-23-11-5-17-39(45)40-18-6-12-24-46(40)50/h1-30H. The Hall–Kier alpha value is -6.78. The molecule has 50 heavy (non-hydrogen) atoms. The van der Waals surface area contributed by atoms with E-state index in [9.17, 15) is 0 Å². The SMILES string of the molecule is c1ccc(-n2c3ccccc3c3ccccc32)c(-c2cncc(-c3cncc(-c4ccccc4-n4c5ccccc5c5ccccc54)c3)c2)c1. The Bertz CT molecular complexity index is 2590. The highest BCUT2D eigenvalue weighted by Gasteiger charge is 2.17. The zero-order valence-electron chi connectivity index (χ0n) is 27.1. The minimum absolute atomic E-state index is 1.02. The van der Waals surface area contributed by atoms with Crippen molar-refractivity contribution in [3.63, 3.8) is 0 Å². The molecule has 6 aromatic carbocycles. The molecule has 0 aliphatic rings. The topological polar surface area (TPSA) is 35.6 Å². The summed E-state index contributed by atoms with van der Waals surface area (Å²) in [6.07, 6.45) is 7.80. The van der Waals surface area contributed by atoms with Crippen LogP contribution in [0.2, 0.25) is 0 Å². The molecule has 0 amide bonds. The van der Waals surface area contributed by atoms with E-state index in [1.807, 2.05) is 24.8 Å². The smallest absolute Gasteiger partial charge is 0.0541 e. The number of para-hydroxylation sites is 6. The number of pyridine rings is 2. The van der Waals surface area contributed by atoms with Gasteiger partial charge in [0.05, 0.1) is 33.4 Å². The third kappa shape index (κ3) is 4.39. The summed E-state index contributed by atoms with van der Waals surface area (Å²) >= 11 is 0. The Labute approximate surface area is 289 Å². The fraction of sp³-hybridized carbons (Fsp3) is 0. The molecular formula is C46H30N4. The van der Waals surface area contributed by atoms with Gasteiger partial charge in [0.15, 0.2) is 0 Å². The molecule has 0 atom stereocenters. The van der Waals surface area contributed by atoms with E-state index < -0.39 is 0 Å². The largest absolute Gasteiger partial charge is 0.309 e. The van der Waals surface area contributed by atoms with E-state index >= 15 is 0 Å². The molecule has 4 nitrogen and oxygen atoms in total. The second-order valence-electron chi connectivity index (χ2n) is 12.7. The van der Waals surface area contributed by atoms with Crippen molar-refractivity contribution in [3.8, 4) is 44.8 Å². The molecule has 0 aliphatic heterocycles. The summed E-state index contributed by atoms with van der Waals surface area (Å²) in [7, 11) is 0. The lowest BCUT2D eigenvalue weighted by atomic mass is 9.98. The normalized spacial score (nSPS) is 11.6. The van der Waals surface area contributed by atoms with Gasteiger partial charge in [0.1, 0.15) is 0 Å². The van der Waals surface area contributed by atoms with Gasteiger partial charge in [-0.05, 0) is 48.5 Å². The van der Waals surface area contributed by atoms with Gasteiger partial charge in [-0.3, -0.25) is 9.97 Å². The summed E-state index contributed by atoms with van der Waals surface area (Å²) < 4.78 is 4.75. The molecular weight excluding hydrogens is 609 g/mol. The van der Waals surface area contributed by atoms with Crippen LogP contribution in [0, 0.1) is 0 Å². The first kappa shape index (κ1) is 28.3. The van der Waals surface area contributed by atoms with Crippen molar-refractivity contribution in [2.45, 2.75) is 0 Å². The van der Waals surface area contributed by atoms with Gasteiger partial charge in [-0.25, -0.2) is 0 Å². The first-order valence-corrected chi connectivity index (χ1v) is 16.9. The van der Waals surface area contributed by atoms with Crippen LogP contribution in [0.1, 0.15) is 0 Å². The summed E-state index contributed by atoms with van der Waals surface area (Å²) in [5.41, 5.74) is 13.4. The number of rotatable bonds is 5. The minimum atomic E-state index is 1.02. The highest BCUT2D eigenvalue weighted by molar-refractivity contribution is 6.10. The van der Waals surface area contributed by atoms with Gasteiger partial charge in [-0.2, -0.15) is 0 Å². The molecule has 10 aromatic rings. The maximum absolute atomic E-state index is 4.77. The predicted octanol–water partition coefficient (Wildman–Crippen LogP) is 11.7. The van der Waals surface area contributed by atoms with Gasteiger partial charge in [0.25, 0.3) is 0 Å². The maximum Gasteiger partial charge on any atom is 0.0541 e. The summed E-state index contributed by atoms with van der Waals surface area (Å²) in [4.78, 5) is 9.54. The molecule has 10 rings (SSSR count). The van der Waals surface area contributed by atoms with Gasteiger partial charge in [-0.1, -0.05) is 109 Å². The molecule has 4 heterocycles. The number of hydrogen-bond donors (Lipinski definition) is 0. The average molecular weight is 639 g/mol. The molecule has 0 unspecified atom stereocenters. The lowest BCUT2D eigenvalue weighted by molar-refractivity contribution is 1.18. The van der Waals surface area contributed by atoms with Gasteiger partial charge in [0, 0.05) is 79.7 Å². The lowest BCUT2D eigenvalue weighted by Gasteiger charge is -2.15. The molecule has 0 fully saturated rings. The zero-order valence-corrected chi connectivity index (χ0v) is 27.1. The Morgan fingerprint density at radius 2 is 0.600 bits per heavy atom. The van der Waals surface area contributed by atoms with E-state index in [1.54, 1.807) is 0 Å². The van der Waals surface area contributed by atoms with Crippen molar-refractivity contribution in [3.05, 3.63) is 183 Å². The van der Waals surface area contributed by atoms with Crippen LogP contribution in [-0.4, -0.2) is 19.1 Å². The number of aromatic nitrogens is 4. The van der Waals surface area contributed by atoms with Crippen LogP contribution < -0.4 is 0 Å². The highest BCUT2D eigenvalue weighted by atomic mass is 15.0. The van der Waals surface area contributed by atoms with E-state index in [2.05, 4.69) is 167 Å². The molecule has 0 bridgehead atoms. The molecule has 0 radical (unpaired) electrons. The van der Waals surface area contributed by atoms with E-state index in [0.29, 0.717) is 0 Å². The van der Waals surface area contributed by atoms with Crippen molar-refractivity contribution in [2.24, 2.45) is 0 Å². The molecule has 4 aromatic heterocycles. The minimum Gasteiger partial charge on any atom is -0.309 e. The van der Waals surface area contributed by atoms with Crippen molar-refractivity contribution >= 4 is 43.6 Å². The fourth-order valence-corrected chi connectivity index (χ4v) is 7.68. The van der Waals surface area contributed by atoms with Crippen LogP contribution in [0.5, 0.6) is 0 Å². The van der Waals surface area contributed by atoms with E-state index in [0.717, 1.165) is 44.8 Å². The summed E-state index contributed by atoms with van der Waals surface area (Å²) in [5, 5.41) is 4.98. The van der Waals surface area contributed by atoms with Crippen molar-refractivity contribution in [2.75, 3.05) is 0 Å². The summed E-state index contributed by atoms with van der Waals surface area (Å²) in [6, 6.07) is 56.2. The molecule has 4 heteroatoms. The molecule has 0 saturated carbocycles. The second kappa shape index (κ2) is 11.4. The quantitative estimate of drug-likeness (QED) is 0.188. The number of benzene rings is 6. The summed E-state index contributed by atoms with van der Waals surface area (Å²) in [5.74, 6) is 0. The molecule has 0 N–H and O–H groups in total. The molecule has 0 aliphatic carbocycles. The van der Waals surface area contributed by atoms with Gasteiger partial charge in [-0.15, -0.1) is 0 Å². The Morgan fingerprint density at radius 3 is 0.980 bits per heavy atom. The van der Waals surface area contributed by atoms with Crippen molar-refractivity contribution in [1.82, 2.24) is 19.1 Å². The number of nitrogens with zero attached hydrogens (tertiary/aromatic N) is 4.